The highest BCUT2D eigenvalue weighted by Gasteiger charge is 2.13. The van der Waals surface area contributed by atoms with E-state index in [1.165, 1.54) is 0 Å². The molecule has 94 valence electrons. The van der Waals surface area contributed by atoms with Gasteiger partial charge in [-0.25, -0.2) is 4.98 Å². The Hall–Kier alpha value is -2.14. The maximum atomic E-state index is 12.1. The summed E-state index contributed by atoms with van der Waals surface area (Å²) in [5.41, 5.74) is 1.30. The molecule has 0 aliphatic rings. The molecule has 0 saturated carbocycles. The zero-order valence-corrected chi connectivity index (χ0v) is 11.3. The molecular weight excluding hydrogens is 308 g/mol. The summed E-state index contributed by atoms with van der Waals surface area (Å²) < 4.78 is 6.08. The number of furan rings is 1. The molecular formula is C14H9BrN2O2. The highest BCUT2D eigenvalue weighted by atomic mass is 79.9. The number of nitrogens with one attached hydrogen (secondary N) is 1. The first-order valence-corrected chi connectivity index (χ1v) is 6.44. The van der Waals surface area contributed by atoms with Crippen LogP contribution in [0.3, 0.4) is 0 Å². The second kappa shape index (κ2) is 4.85. The van der Waals surface area contributed by atoms with E-state index in [0.717, 1.165) is 5.39 Å². The maximum absolute atomic E-state index is 12.1. The van der Waals surface area contributed by atoms with Gasteiger partial charge in [-0.1, -0.05) is 18.2 Å². The first kappa shape index (κ1) is 11.9. The fourth-order valence-electron chi connectivity index (χ4n) is 1.76. The number of nitrogens with zero attached hydrogens (tertiary/aromatic N) is 1. The third kappa shape index (κ3) is 2.37. The number of halogens is 1. The van der Waals surface area contributed by atoms with Gasteiger partial charge < -0.3 is 9.73 Å². The second-order valence-corrected chi connectivity index (χ2v) is 4.70. The lowest BCUT2D eigenvalue weighted by Crippen LogP contribution is -2.11. The summed E-state index contributed by atoms with van der Waals surface area (Å²) in [6.45, 7) is 0. The van der Waals surface area contributed by atoms with Gasteiger partial charge in [-0.2, -0.15) is 0 Å². The van der Waals surface area contributed by atoms with Crippen molar-refractivity contribution in [3.8, 4) is 0 Å². The summed E-state index contributed by atoms with van der Waals surface area (Å²) in [6.07, 6.45) is 1.64. The highest BCUT2D eigenvalue weighted by Crippen LogP contribution is 2.22. The Morgan fingerprint density at radius 3 is 2.84 bits per heavy atom. The molecule has 1 aromatic carbocycles. The van der Waals surface area contributed by atoms with E-state index in [0.29, 0.717) is 15.9 Å². The van der Waals surface area contributed by atoms with Gasteiger partial charge in [-0.3, -0.25) is 4.79 Å². The normalized spacial score (nSPS) is 10.6. The molecule has 2 aromatic heterocycles. The Morgan fingerprint density at radius 2 is 2.05 bits per heavy atom. The smallest absolute Gasteiger partial charge is 0.291 e. The van der Waals surface area contributed by atoms with Gasteiger partial charge in [-0.05, 0) is 40.2 Å². The van der Waals surface area contributed by atoms with E-state index >= 15 is 0 Å². The van der Waals surface area contributed by atoms with Crippen molar-refractivity contribution >= 4 is 38.5 Å². The number of pyridine rings is 1. The Morgan fingerprint density at radius 1 is 1.21 bits per heavy atom. The molecule has 0 fully saturated rings. The fraction of sp³-hybridized carbons (Fsp3) is 0. The van der Waals surface area contributed by atoms with Crippen molar-refractivity contribution in [1.82, 2.24) is 4.98 Å². The molecule has 3 aromatic rings. The molecule has 0 atom stereocenters. The van der Waals surface area contributed by atoms with Crippen LogP contribution in [0.25, 0.3) is 11.0 Å². The molecule has 19 heavy (non-hydrogen) atoms. The zero-order chi connectivity index (χ0) is 13.2. The number of amides is 1. The van der Waals surface area contributed by atoms with Gasteiger partial charge in [0.1, 0.15) is 10.2 Å². The van der Waals surface area contributed by atoms with Gasteiger partial charge in [0.05, 0.1) is 5.69 Å². The summed E-state index contributed by atoms with van der Waals surface area (Å²) in [5.74, 6) is -0.0261. The molecule has 4 nitrogen and oxygen atoms in total. The zero-order valence-electron chi connectivity index (χ0n) is 9.76. The average molecular weight is 317 g/mol. The quantitative estimate of drug-likeness (QED) is 0.731. The van der Waals surface area contributed by atoms with Crippen LogP contribution in [0.5, 0.6) is 0 Å². The van der Waals surface area contributed by atoms with E-state index in [4.69, 9.17) is 4.42 Å². The topological polar surface area (TPSA) is 55.1 Å². The van der Waals surface area contributed by atoms with Gasteiger partial charge in [-0.15, -0.1) is 0 Å². The fourth-order valence-corrected chi connectivity index (χ4v) is 2.11. The minimum atomic E-state index is -0.301. The summed E-state index contributed by atoms with van der Waals surface area (Å²) in [6, 6.07) is 12.7. The van der Waals surface area contributed by atoms with E-state index in [1.807, 2.05) is 24.3 Å². The van der Waals surface area contributed by atoms with Crippen LogP contribution in [0, 0.1) is 0 Å². The molecule has 1 amide bonds. The van der Waals surface area contributed by atoms with Crippen LogP contribution in [-0.4, -0.2) is 10.9 Å². The standard InChI is InChI=1S/C14H9BrN2O2/c15-13-10(5-3-7-16-13)17-14(18)12-8-9-4-1-2-6-11(9)19-12/h1-8H,(H,17,18). The van der Waals surface area contributed by atoms with E-state index in [1.54, 1.807) is 24.4 Å². The van der Waals surface area contributed by atoms with Gasteiger partial charge in [0.2, 0.25) is 0 Å². The molecule has 2 heterocycles. The largest absolute Gasteiger partial charge is 0.451 e. The lowest BCUT2D eigenvalue weighted by atomic mass is 10.2. The Balaban J connectivity index is 1.90. The molecule has 0 radical (unpaired) electrons. The lowest BCUT2D eigenvalue weighted by molar-refractivity contribution is 0.0998. The van der Waals surface area contributed by atoms with Crippen LogP contribution in [0.15, 0.2) is 57.7 Å². The van der Waals surface area contributed by atoms with Gasteiger partial charge in [0, 0.05) is 11.6 Å². The number of anilines is 1. The summed E-state index contributed by atoms with van der Waals surface area (Å²) in [7, 11) is 0. The van der Waals surface area contributed by atoms with E-state index in [9.17, 15) is 4.79 Å². The molecule has 0 unspecified atom stereocenters. The Kier molecular flexibility index (Phi) is 3.05. The van der Waals surface area contributed by atoms with Crippen molar-refractivity contribution in [3.05, 3.63) is 59.0 Å². The minimum Gasteiger partial charge on any atom is -0.451 e. The van der Waals surface area contributed by atoms with Gasteiger partial charge in [0.15, 0.2) is 5.76 Å². The number of rotatable bonds is 2. The predicted molar refractivity (Wildman–Crippen MR) is 76.1 cm³/mol. The van der Waals surface area contributed by atoms with Crippen molar-refractivity contribution in [1.29, 1.82) is 0 Å². The van der Waals surface area contributed by atoms with E-state index in [-0.39, 0.29) is 11.7 Å². The number of hydrogen-bond acceptors (Lipinski definition) is 3. The van der Waals surface area contributed by atoms with Crippen LogP contribution >= 0.6 is 15.9 Å². The molecule has 0 aliphatic heterocycles. The Bertz CT molecular complexity index is 719. The van der Waals surface area contributed by atoms with Crippen LogP contribution in [0.2, 0.25) is 0 Å². The lowest BCUT2D eigenvalue weighted by Gasteiger charge is -2.03. The minimum absolute atomic E-state index is 0.275. The number of carbonyl (C=O) groups is 1. The third-order valence-corrected chi connectivity index (χ3v) is 3.29. The molecule has 3 rings (SSSR count). The first-order chi connectivity index (χ1) is 9.24. The van der Waals surface area contributed by atoms with Crippen molar-refractivity contribution in [2.24, 2.45) is 0 Å². The molecule has 1 N–H and O–H groups in total. The Labute approximate surface area is 117 Å². The number of aromatic nitrogens is 1. The van der Waals surface area contributed by atoms with Crippen LogP contribution in [0.1, 0.15) is 10.6 Å². The van der Waals surface area contributed by atoms with Crippen LogP contribution in [0.4, 0.5) is 5.69 Å². The number of fused-ring (bicyclic) bond motifs is 1. The van der Waals surface area contributed by atoms with Gasteiger partial charge >= 0.3 is 0 Å². The third-order valence-electron chi connectivity index (χ3n) is 2.66. The van der Waals surface area contributed by atoms with Crippen LogP contribution in [-0.2, 0) is 0 Å². The SMILES string of the molecule is O=C(Nc1cccnc1Br)c1cc2ccccc2o1. The predicted octanol–water partition coefficient (Wildman–Crippen LogP) is 3.84. The summed E-state index contributed by atoms with van der Waals surface area (Å²) in [4.78, 5) is 16.1. The summed E-state index contributed by atoms with van der Waals surface area (Å²) >= 11 is 3.28. The molecule has 5 heteroatoms. The molecule has 0 aliphatic carbocycles. The molecule has 0 spiro atoms. The highest BCUT2D eigenvalue weighted by molar-refractivity contribution is 9.10. The van der Waals surface area contributed by atoms with Crippen molar-refractivity contribution in [2.45, 2.75) is 0 Å². The first-order valence-electron chi connectivity index (χ1n) is 5.64. The molecule has 0 bridgehead atoms. The number of benzene rings is 1. The van der Waals surface area contributed by atoms with Crippen molar-refractivity contribution in [2.75, 3.05) is 5.32 Å². The number of para-hydroxylation sites is 1. The number of carbonyl (C=O) groups excluding carboxylic acids is 1. The summed E-state index contributed by atoms with van der Waals surface area (Å²) in [5, 5.41) is 3.65. The average Bonchev–Trinajstić information content (AvgIpc) is 2.85. The second-order valence-electron chi connectivity index (χ2n) is 3.94. The number of hydrogen-bond donors (Lipinski definition) is 1. The van der Waals surface area contributed by atoms with E-state index in [2.05, 4.69) is 26.2 Å². The monoisotopic (exact) mass is 316 g/mol. The van der Waals surface area contributed by atoms with Gasteiger partial charge in [0.25, 0.3) is 5.91 Å². The van der Waals surface area contributed by atoms with Crippen LogP contribution < -0.4 is 5.32 Å². The van der Waals surface area contributed by atoms with Crippen molar-refractivity contribution < 1.29 is 9.21 Å². The maximum Gasteiger partial charge on any atom is 0.291 e. The van der Waals surface area contributed by atoms with E-state index < -0.39 is 0 Å². The molecule has 0 saturated heterocycles. The van der Waals surface area contributed by atoms with Crippen molar-refractivity contribution in [3.63, 3.8) is 0 Å².